The Kier molecular flexibility index (Phi) is 11.2. The number of likely N-dealkylation sites (tertiary alicyclic amines) is 2. The van der Waals surface area contributed by atoms with Crippen molar-refractivity contribution in [1.82, 2.24) is 14.8 Å². The smallest absolute Gasteiger partial charge is 0.254 e. The summed E-state index contributed by atoms with van der Waals surface area (Å²) in [5.41, 5.74) is 2.18. The van der Waals surface area contributed by atoms with E-state index in [1.165, 1.54) is 36.4 Å². The van der Waals surface area contributed by atoms with Crippen molar-refractivity contribution >= 4 is 42.5 Å². The summed E-state index contributed by atoms with van der Waals surface area (Å²) in [5.74, 6) is 1.29. The van der Waals surface area contributed by atoms with Crippen molar-refractivity contribution in [3.05, 3.63) is 59.9 Å². The van der Waals surface area contributed by atoms with Crippen LogP contribution in [0.4, 0.5) is 0 Å². The van der Waals surface area contributed by atoms with Crippen LogP contribution in [0.2, 0.25) is 0 Å². The summed E-state index contributed by atoms with van der Waals surface area (Å²) in [6, 6.07) is 12.8. The number of rotatable bonds is 8. The van der Waals surface area contributed by atoms with Crippen molar-refractivity contribution in [2.75, 3.05) is 31.9 Å². The fourth-order valence-electron chi connectivity index (χ4n) is 4.43. The van der Waals surface area contributed by atoms with Gasteiger partial charge in [-0.1, -0.05) is 0 Å². The maximum atomic E-state index is 13.1. The van der Waals surface area contributed by atoms with Gasteiger partial charge < -0.3 is 9.80 Å². The number of hydrogen-bond acceptors (Lipinski definition) is 4. The fraction of sp³-hybridized carbons (Fsp3) is 0.500. The van der Waals surface area contributed by atoms with Crippen molar-refractivity contribution in [3.63, 3.8) is 0 Å². The summed E-state index contributed by atoms with van der Waals surface area (Å²) in [6.45, 7) is 4.36. The first-order chi connectivity index (χ1) is 14.3. The van der Waals surface area contributed by atoms with Gasteiger partial charge in [-0.3, -0.25) is 9.78 Å². The van der Waals surface area contributed by atoms with Crippen LogP contribution in [0.5, 0.6) is 0 Å². The highest BCUT2D eigenvalue weighted by molar-refractivity contribution is 7.99. The minimum Gasteiger partial charge on any atom is -0.334 e. The average molecular weight is 483 g/mol. The molecule has 2 aliphatic heterocycles. The maximum absolute atomic E-state index is 13.1. The molecule has 0 bridgehead atoms. The number of nitrogens with zero attached hydrogens (tertiary/aromatic N) is 3. The molecule has 2 aliphatic rings. The number of benzene rings is 1. The fourth-order valence-corrected chi connectivity index (χ4v) is 5.28. The lowest BCUT2D eigenvalue weighted by Gasteiger charge is -2.28. The number of pyridine rings is 1. The highest BCUT2D eigenvalue weighted by Crippen LogP contribution is 2.24. The van der Waals surface area contributed by atoms with Gasteiger partial charge in [-0.2, -0.15) is 0 Å². The van der Waals surface area contributed by atoms with E-state index in [2.05, 4.69) is 39.0 Å². The molecule has 2 fully saturated rings. The number of thioether (sulfide) groups is 1. The van der Waals surface area contributed by atoms with Crippen LogP contribution in [0.25, 0.3) is 0 Å². The average Bonchev–Trinajstić information content (AvgIpc) is 3.44. The van der Waals surface area contributed by atoms with E-state index in [9.17, 15) is 4.79 Å². The quantitative estimate of drug-likeness (QED) is 0.376. The SMILES string of the molecule is Cl.Cl.O=C(c1ccc(SCCCc2ccncc2)cc1)N1CCCC1CN1CCCC1. The molecule has 170 valence electrons. The van der Waals surface area contributed by atoms with E-state index < -0.39 is 0 Å². The molecule has 2 aromatic rings. The van der Waals surface area contributed by atoms with Crippen LogP contribution in [0.15, 0.2) is 53.7 Å². The van der Waals surface area contributed by atoms with E-state index in [1.54, 1.807) is 0 Å². The molecular weight excluding hydrogens is 449 g/mol. The van der Waals surface area contributed by atoms with Crippen LogP contribution in [0.1, 0.15) is 48.0 Å². The largest absolute Gasteiger partial charge is 0.334 e. The van der Waals surface area contributed by atoms with Gasteiger partial charge in [-0.25, -0.2) is 0 Å². The Labute approximate surface area is 203 Å². The summed E-state index contributed by atoms with van der Waals surface area (Å²) in [6.07, 6.45) is 10.8. The topological polar surface area (TPSA) is 36.4 Å². The molecule has 1 aromatic heterocycles. The first-order valence-corrected chi connectivity index (χ1v) is 11.9. The van der Waals surface area contributed by atoms with E-state index in [4.69, 9.17) is 0 Å². The van der Waals surface area contributed by atoms with Crippen molar-refractivity contribution in [1.29, 1.82) is 0 Å². The molecule has 3 heterocycles. The lowest BCUT2D eigenvalue weighted by molar-refractivity contribution is 0.0708. The van der Waals surface area contributed by atoms with Crippen molar-refractivity contribution in [2.45, 2.75) is 49.5 Å². The second kappa shape index (κ2) is 13.3. The summed E-state index contributed by atoms with van der Waals surface area (Å²) >= 11 is 1.87. The highest BCUT2D eigenvalue weighted by Gasteiger charge is 2.31. The Balaban J connectivity index is 0.00000171. The van der Waals surface area contributed by atoms with Crippen molar-refractivity contribution in [2.24, 2.45) is 0 Å². The first kappa shape index (κ1) is 26.0. The second-order valence-corrected chi connectivity index (χ2v) is 9.30. The summed E-state index contributed by atoms with van der Waals surface area (Å²) in [5, 5.41) is 0. The molecule has 31 heavy (non-hydrogen) atoms. The second-order valence-electron chi connectivity index (χ2n) is 8.13. The van der Waals surface area contributed by atoms with E-state index >= 15 is 0 Å². The summed E-state index contributed by atoms with van der Waals surface area (Å²) in [7, 11) is 0. The highest BCUT2D eigenvalue weighted by atomic mass is 35.5. The molecule has 1 aromatic carbocycles. The molecule has 0 saturated carbocycles. The molecule has 0 N–H and O–H groups in total. The molecule has 0 spiro atoms. The zero-order valence-corrected chi connectivity index (χ0v) is 20.4. The number of halogens is 2. The van der Waals surface area contributed by atoms with E-state index in [0.29, 0.717) is 6.04 Å². The first-order valence-electron chi connectivity index (χ1n) is 10.9. The Hall–Kier alpha value is -1.27. The monoisotopic (exact) mass is 481 g/mol. The number of hydrogen-bond donors (Lipinski definition) is 0. The van der Waals surface area contributed by atoms with Crippen LogP contribution >= 0.6 is 36.6 Å². The van der Waals surface area contributed by atoms with E-state index in [0.717, 1.165) is 50.1 Å². The van der Waals surface area contributed by atoms with Crippen LogP contribution < -0.4 is 0 Å². The molecule has 0 aliphatic carbocycles. The molecule has 1 unspecified atom stereocenters. The van der Waals surface area contributed by atoms with Crippen molar-refractivity contribution in [3.8, 4) is 0 Å². The molecule has 1 amide bonds. The molecular formula is C24H33Cl2N3OS. The Morgan fingerprint density at radius 2 is 1.68 bits per heavy atom. The molecule has 7 heteroatoms. The van der Waals surface area contributed by atoms with Gasteiger partial charge in [0.2, 0.25) is 0 Å². The molecule has 4 rings (SSSR count). The minimum atomic E-state index is 0. The standard InChI is InChI=1S/C24H31N3OS.2ClH/c28-24(27-17-3-6-22(27)19-26-15-1-2-16-26)21-7-9-23(10-8-21)29-18-4-5-20-11-13-25-14-12-20;;/h7-14,22H,1-6,15-19H2;2*1H. The zero-order valence-electron chi connectivity index (χ0n) is 17.9. The van der Waals surface area contributed by atoms with Gasteiger partial charge in [0.15, 0.2) is 0 Å². The van der Waals surface area contributed by atoms with Gasteiger partial charge in [0.1, 0.15) is 0 Å². The van der Waals surface area contributed by atoms with E-state index in [-0.39, 0.29) is 30.7 Å². The number of carbonyl (C=O) groups is 1. The predicted molar refractivity (Wildman–Crippen MR) is 134 cm³/mol. The van der Waals surface area contributed by atoms with Crippen LogP contribution in [-0.4, -0.2) is 58.7 Å². The maximum Gasteiger partial charge on any atom is 0.254 e. The van der Waals surface area contributed by atoms with E-state index in [1.807, 2.05) is 36.3 Å². The molecule has 0 radical (unpaired) electrons. The van der Waals surface area contributed by atoms with Gasteiger partial charge in [-0.05, 0) is 99.3 Å². The van der Waals surface area contributed by atoms with Crippen LogP contribution in [0.3, 0.4) is 0 Å². The van der Waals surface area contributed by atoms with Gasteiger partial charge in [0, 0.05) is 42.0 Å². The number of aromatic nitrogens is 1. The number of carbonyl (C=O) groups excluding carboxylic acids is 1. The van der Waals surface area contributed by atoms with Gasteiger partial charge in [0.25, 0.3) is 5.91 Å². The normalized spacial score (nSPS) is 18.5. The summed E-state index contributed by atoms with van der Waals surface area (Å²) < 4.78 is 0. The molecule has 2 saturated heterocycles. The Morgan fingerprint density at radius 1 is 0.968 bits per heavy atom. The lowest BCUT2D eigenvalue weighted by Crippen LogP contribution is -2.42. The van der Waals surface area contributed by atoms with Gasteiger partial charge in [0.05, 0.1) is 0 Å². The third-order valence-electron chi connectivity index (χ3n) is 6.03. The third kappa shape index (κ3) is 7.38. The third-order valence-corrected chi connectivity index (χ3v) is 7.13. The Morgan fingerprint density at radius 3 is 2.39 bits per heavy atom. The van der Waals surface area contributed by atoms with Crippen molar-refractivity contribution < 1.29 is 4.79 Å². The molecule has 4 nitrogen and oxygen atoms in total. The molecule has 1 atom stereocenters. The van der Waals surface area contributed by atoms with Crippen LogP contribution in [0, 0.1) is 0 Å². The zero-order chi connectivity index (χ0) is 19.9. The van der Waals surface area contributed by atoms with Gasteiger partial charge in [-0.15, -0.1) is 36.6 Å². The number of amides is 1. The lowest BCUT2D eigenvalue weighted by atomic mass is 10.1. The summed E-state index contributed by atoms with van der Waals surface area (Å²) in [4.78, 5) is 23.0. The van der Waals surface area contributed by atoms with Crippen LogP contribution in [-0.2, 0) is 6.42 Å². The predicted octanol–water partition coefficient (Wildman–Crippen LogP) is 5.35. The minimum absolute atomic E-state index is 0. The Bertz CT molecular complexity index is 785. The number of aryl methyl sites for hydroxylation is 1. The van der Waals surface area contributed by atoms with Gasteiger partial charge >= 0.3 is 0 Å².